The van der Waals surface area contributed by atoms with Crippen LogP contribution in [0.2, 0.25) is 0 Å². The second-order valence-corrected chi connectivity index (χ2v) is 6.24. The van der Waals surface area contributed by atoms with Crippen molar-refractivity contribution in [3.63, 3.8) is 0 Å². The molecule has 96 valence electrons. The number of likely N-dealkylation sites (N-methyl/N-ethyl adjacent to an activating group) is 2. The molecule has 0 unspecified atom stereocenters. The minimum Gasteiger partial charge on any atom is -0.311 e. The number of hydrogen-bond donors (Lipinski definition) is 1. The van der Waals surface area contributed by atoms with Gasteiger partial charge in [-0.2, -0.15) is 0 Å². The fraction of sp³-hybridized carbons (Fsp3) is 1.00. The number of rotatable bonds is 5. The summed E-state index contributed by atoms with van der Waals surface area (Å²) in [4.78, 5) is 2.56. The molecule has 0 aromatic heterocycles. The molecule has 0 atom stereocenters. The zero-order valence-electron chi connectivity index (χ0n) is 11.8. The number of nitrogens with zero attached hydrogens (tertiary/aromatic N) is 1. The van der Waals surface area contributed by atoms with Gasteiger partial charge in [-0.15, -0.1) is 0 Å². The van der Waals surface area contributed by atoms with E-state index in [4.69, 9.17) is 0 Å². The van der Waals surface area contributed by atoms with Gasteiger partial charge in [-0.25, -0.2) is 0 Å². The van der Waals surface area contributed by atoms with Gasteiger partial charge >= 0.3 is 0 Å². The second-order valence-electron chi connectivity index (χ2n) is 6.24. The zero-order valence-corrected chi connectivity index (χ0v) is 11.8. The van der Waals surface area contributed by atoms with Crippen molar-refractivity contribution < 1.29 is 0 Å². The summed E-state index contributed by atoms with van der Waals surface area (Å²) in [7, 11) is 2.29. The Kier molecular flexibility index (Phi) is 5.26. The van der Waals surface area contributed by atoms with Gasteiger partial charge in [0, 0.05) is 18.1 Å². The molecule has 1 aliphatic carbocycles. The Morgan fingerprint density at radius 3 is 2.25 bits per heavy atom. The zero-order chi connectivity index (χ0) is 12.2. The monoisotopic (exact) mass is 226 g/mol. The molecule has 1 saturated carbocycles. The molecular weight excluding hydrogens is 196 g/mol. The molecule has 1 fully saturated rings. The molecule has 0 saturated heterocycles. The van der Waals surface area contributed by atoms with Gasteiger partial charge in [0.15, 0.2) is 0 Å². The predicted octanol–water partition coefficient (Wildman–Crippen LogP) is 2.89. The third kappa shape index (κ3) is 4.42. The molecule has 0 aromatic rings. The largest absolute Gasteiger partial charge is 0.311 e. The Morgan fingerprint density at radius 1 is 1.19 bits per heavy atom. The first kappa shape index (κ1) is 14.0. The van der Waals surface area contributed by atoms with Crippen LogP contribution in [0.5, 0.6) is 0 Å². The molecule has 0 bridgehead atoms. The van der Waals surface area contributed by atoms with Crippen molar-refractivity contribution in [2.24, 2.45) is 5.92 Å². The molecule has 1 rings (SSSR count). The van der Waals surface area contributed by atoms with Crippen LogP contribution in [0.3, 0.4) is 0 Å². The highest BCUT2D eigenvalue weighted by atomic mass is 15.2. The molecule has 0 aliphatic heterocycles. The van der Waals surface area contributed by atoms with E-state index in [1.54, 1.807) is 0 Å². The first-order valence-corrected chi connectivity index (χ1v) is 6.90. The summed E-state index contributed by atoms with van der Waals surface area (Å²) in [5.74, 6) is 0.950. The van der Waals surface area contributed by atoms with Crippen LogP contribution in [-0.4, -0.2) is 36.6 Å². The molecule has 0 heterocycles. The normalized spacial score (nSPS) is 27.4. The van der Waals surface area contributed by atoms with Crippen LogP contribution in [-0.2, 0) is 0 Å². The first-order valence-electron chi connectivity index (χ1n) is 6.90. The van der Waals surface area contributed by atoms with Crippen LogP contribution in [0, 0.1) is 5.92 Å². The maximum Gasteiger partial charge on any atom is 0.0252 e. The highest BCUT2D eigenvalue weighted by Gasteiger charge is 2.26. The van der Waals surface area contributed by atoms with Gasteiger partial charge in [-0.3, -0.25) is 0 Å². The third-order valence-electron chi connectivity index (χ3n) is 3.91. The molecular formula is C14H30N2. The van der Waals surface area contributed by atoms with Crippen LogP contribution in [0.4, 0.5) is 0 Å². The second kappa shape index (κ2) is 6.02. The summed E-state index contributed by atoms with van der Waals surface area (Å²) >= 11 is 0. The van der Waals surface area contributed by atoms with Crippen molar-refractivity contribution in [1.29, 1.82) is 0 Å². The maximum atomic E-state index is 3.56. The Hall–Kier alpha value is -0.0800. The van der Waals surface area contributed by atoms with Gasteiger partial charge in [0.1, 0.15) is 0 Å². The summed E-state index contributed by atoms with van der Waals surface area (Å²) in [6.45, 7) is 11.4. The third-order valence-corrected chi connectivity index (χ3v) is 3.91. The van der Waals surface area contributed by atoms with Gasteiger partial charge in [0.25, 0.3) is 0 Å². The van der Waals surface area contributed by atoms with E-state index in [-0.39, 0.29) is 5.54 Å². The smallest absolute Gasteiger partial charge is 0.0252 e. The van der Waals surface area contributed by atoms with E-state index in [9.17, 15) is 0 Å². The predicted molar refractivity (Wildman–Crippen MR) is 71.8 cm³/mol. The fourth-order valence-electron chi connectivity index (χ4n) is 2.97. The topological polar surface area (TPSA) is 15.3 Å². The molecule has 1 aliphatic rings. The van der Waals surface area contributed by atoms with Crippen molar-refractivity contribution >= 4 is 0 Å². The lowest BCUT2D eigenvalue weighted by molar-refractivity contribution is 0.136. The molecule has 2 heteroatoms. The summed E-state index contributed by atoms with van der Waals surface area (Å²) in [6, 6.07) is 0.814. The minimum absolute atomic E-state index is 0.243. The minimum atomic E-state index is 0.243. The molecule has 0 radical (unpaired) electrons. The van der Waals surface area contributed by atoms with Crippen molar-refractivity contribution in [3.05, 3.63) is 0 Å². The Balaban J connectivity index is 2.36. The van der Waals surface area contributed by atoms with E-state index in [0.717, 1.165) is 25.0 Å². The maximum absolute atomic E-state index is 3.56. The first-order chi connectivity index (χ1) is 7.44. The average Bonchev–Trinajstić information content (AvgIpc) is 2.17. The number of hydrogen-bond acceptors (Lipinski definition) is 2. The summed E-state index contributed by atoms with van der Waals surface area (Å²) in [6.07, 6.45) is 5.60. The molecule has 1 N–H and O–H groups in total. The van der Waals surface area contributed by atoms with Crippen LogP contribution in [0.15, 0.2) is 0 Å². The van der Waals surface area contributed by atoms with Gasteiger partial charge in [0.05, 0.1) is 0 Å². The van der Waals surface area contributed by atoms with Crippen LogP contribution in [0.25, 0.3) is 0 Å². The lowest BCUT2D eigenvalue weighted by Crippen LogP contribution is -2.51. The van der Waals surface area contributed by atoms with Crippen molar-refractivity contribution in [1.82, 2.24) is 10.2 Å². The lowest BCUT2D eigenvalue weighted by atomic mass is 9.86. The van der Waals surface area contributed by atoms with E-state index in [2.05, 4.69) is 45.0 Å². The van der Waals surface area contributed by atoms with Crippen LogP contribution >= 0.6 is 0 Å². The standard InChI is InChI=1S/C14H30N2/c1-6-15-14(3,4)11-16(5)13-9-7-12(2)8-10-13/h12-13,15H,6-11H2,1-5H3. The van der Waals surface area contributed by atoms with Gasteiger partial charge in [0.2, 0.25) is 0 Å². The summed E-state index contributed by atoms with van der Waals surface area (Å²) in [5.41, 5.74) is 0.243. The fourth-order valence-corrected chi connectivity index (χ4v) is 2.97. The average molecular weight is 226 g/mol. The summed E-state index contributed by atoms with van der Waals surface area (Å²) in [5, 5.41) is 3.56. The molecule has 0 aromatic carbocycles. The quantitative estimate of drug-likeness (QED) is 0.775. The van der Waals surface area contributed by atoms with Gasteiger partial charge < -0.3 is 10.2 Å². The van der Waals surface area contributed by atoms with Crippen molar-refractivity contribution in [2.45, 2.75) is 65.0 Å². The lowest BCUT2D eigenvalue weighted by Gasteiger charge is -2.38. The van der Waals surface area contributed by atoms with Crippen LogP contribution < -0.4 is 5.32 Å². The Labute approximate surface area is 102 Å². The molecule has 0 spiro atoms. The van der Waals surface area contributed by atoms with Crippen LogP contribution in [0.1, 0.15) is 53.4 Å². The van der Waals surface area contributed by atoms with E-state index in [0.29, 0.717) is 0 Å². The molecule has 0 amide bonds. The highest BCUT2D eigenvalue weighted by Crippen LogP contribution is 2.27. The highest BCUT2D eigenvalue weighted by molar-refractivity contribution is 4.84. The van der Waals surface area contributed by atoms with Crippen molar-refractivity contribution in [2.75, 3.05) is 20.1 Å². The SMILES string of the molecule is CCNC(C)(C)CN(C)C1CCC(C)CC1. The Bertz CT molecular complexity index is 193. The molecule has 16 heavy (non-hydrogen) atoms. The molecule has 2 nitrogen and oxygen atoms in total. The van der Waals surface area contributed by atoms with Gasteiger partial charge in [-0.05, 0) is 59.0 Å². The summed E-state index contributed by atoms with van der Waals surface area (Å²) < 4.78 is 0. The van der Waals surface area contributed by atoms with E-state index in [1.807, 2.05) is 0 Å². The number of nitrogens with one attached hydrogen (secondary N) is 1. The Morgan fingerprint density at radius 2 is 1.75 bits per heavy atom. The van der Waals surface area contributed by atoms with E-state index >= 15 is 0 Å². The van der Waals surface area contributed by atoms with E-state index < -0.39 is 0 Å². The van der Waals surface area contributed by atoms with Gasteiger partial charge in [-0.1, -0.05) is 13.8 Å². The van der Waals surface area contributed by atoms with E-state index in [1.165, 1.54) is 25.7 Å². The van der Waals surface area contributed by atoms with Crippen molar-refractivity contribution in [3.8, 4) is 0 Å².